The summed E-state index contributed by atoms with van der Waals surface area (Å²) < 4.78 is 0. The molecule has 1 amide bonds. The van der Waals surface area contributed by atoms with Crippen LogP contribution in [0, 0.1) is 6.92 Å². The smallest absolute Gasteiger partial charge is 0.244 e. The number of amides is 1. The van der Waals surface area contributed by atoms with Crippen molar-refractivity contribution in [1.29, 1.82) is 0 Å². The van der Waals surface area contributed by atoms with E-state index in [4.69, 9.17) is 17.3 Å². The second-order valence-electron chi connectivity index (χ2n) is 5.41. The fraction of sp³-hybridized carbons (Fsp3) is 0.333. The molecule has 5 heteroatoms. The van der Waals surface area contributed by atoms with Gasteiger partial charge in [0.15, 0.2) is 0 Å². The highest BCUT2D eigenvalue weighted by atomic mass is 35.5. The second kappa shape index (κ2) is 4.72. The summed E-state index contributed by atoms with van der Waals surface area (Å²) in [6.07, 6.45) is 4.16. The van der Waals surface area contributed by atoms with E-state index in [9.17, 15) is 4.79 Å². The lowest BCUT2D eigenvalue weighted by Crippen LogP contribution is -2.56. The third-order valence-corrected chi connectivity index (χ3v) is 4.27. The zero-order valence-electron chi connectivity index (χ0n) is 11.2. The minimum absolute atomic E-state index is 0.167. The topological polar surface area (TPSA) is 68.0 Å². The number of pyridine rings is 1. The van der Waals surface area contributed by atoms with E-state index in [2.05, 4.69) is 10.3 Å². The number of hydrogen-bond acceptors (Lipinski definition) is 3. The van der Waals surface area contributed by atoms with Crippen LogP contribution >= 0.6 is 11.6 Å². The number of fused-ring (bicyclic) bond motifs is 1. The van der Waals surface area contributed by atoms with Crippen molar-refractivity contribution in [1.82, 2.24) is 4.98 Å². The first-order chi connectivity index (χ1) is 9.51. The first kappa shape index (κ1) is 13.3. The van der Waals surface area contributed by atoms with Gasteiger partial charge in [-0.15, -0.1) is 0 Å². The van der Waals surface area contributed by atoms with E-state index in [0.29, 0.717) is 10.7 Å². The first-order valence-electron chi connectivity index (χ1n) is 6.65. The van der Waals surface area contributed by atoms with Crippen LogP contribution in [0.15, 0.2) is 24.4 Å². The lowest BCUT2D eigenvalue weighted by atomic mass is 9.77. The maximum Gasteiger partial charge on any atom is 0.244 e. The monoisotopic (exact) mass is 289 g/mol. The Morgan fingerprint density at radius 2 is 2.25 bits per heavy atom. The Kier molecular flexibility index (Phi) is 3.15. The fourth-order valence-corrected chi connectivity index (χ4v) is 2.84. The number of halogens is 1. The molecule has 1 aliphatic rings. The SMILES string of the molecule is Cc1cc(Cl)c(NC(=O)C2(N)CCC2)c2cccnc12. The Labute approximate surface area is 122 Å². The molecule has 4 nitrogen and oxygen atoms in total. The minimum atomic E-state index is -0.747. The first-order valence-corrected chi connectivity index (χ1v) is 7.03. The molecule has 0 aliphatic heterocycles. The molecule has 2 aromatic rings. The highest BCUT2D eigenvalue weighted by molar-refractivity contribution is 6.35. The van der Waals surface area contributed by atoms with Gasteiger partial charge in [0.1, 0.15) is 0 Å². The molecule has 0 bridgehead atoms. The summed E-state index contributed by atoms with van der Waals surface area (Å²) in [6, 6.07) is 5.55. The number of anilines is 1. The molecular weight excluding hydrogens is 274 g/mol. The van der Waals surface area contributed by atoms with Gasteiger partial charge in [0.2, 0.25) is 5.91 Å². The lowest BCUT2D eigenvalue weighted by molar-refractivity contribution is -0.123. The predicted molar refractivity (Wildman–Crippen MR) is 80.9 cm³/mol. The summed E-state index contributed by atoms with van der Waals surface area (Å²) in [5.74, 6) is -0.167. The van der Waals surface area contributed by atoms with Gasteiger partial charge in [0.25, 0.3) is 0 Å². The number of rotatable bonds is 2. The maximum absolute atomic E-state index is 12.3. The lowest BCUT2D eigenvalue weighted by Gasteiger charge is -2.36. The molecule has 1 aromatic carbocycles. The normalized spacial score (nSPS) is 16.8. The van der Waals surface area contributed by atoms with Crippen LogP contribution in [0.4, 0.5) is 5.69 Å². The Morgan fingerprint density at radius 1 is 1.50 bits per heavy atom. The van der Waals surface area contributed by atoms with Crippen molar-refractivity contribution < 1.29 is 4.79 Å². The molecule has 1 heterocycles. The zero-order chi connectivity index (χ0) is 14.3. The number of carbonyl (C=O) groups is 1. The predicted octanol–water partition coefficient (Wildman–Crippen LogP) is 3.02. The number of aryl methyl sites for hydroxylation is 1. The van der Waals surface area contributed by atoms with E-state index >= 15 is 0 Å². The fourth-order valence-electron chi connectivity index (χ4n) is 2.53. The summed E-state index contributed by atoms with van der Waals surface area (Å²) in [5, 5.41) is 4.24. The zero-order valence-corrected chi connectivity index (χ0v) is 12.0. The van der Waals surface area contributed by atoms with Crippen molar-refractivity contribution in [3.63, 3.8) is 0 Å². The van der Waals surface area contributed by atoms with Gasteiger partial charge in [-0.3, -0.25) is 9.78 Å². The van der Waals surface area contributed by atoms with Crippen LogP contribution in [-0.2, 0) is 4.79 Å². The van der Waals surface area contributed by atoms with Gasteiger partial charge in [0, 0.05) is 11.6 Å². The number of nitrogens with one attached hydrogen (secondary N) is 1. The van der Waals surface area contributed by atoms with Crippen molar-refractivity contribution in [3.8, 4) is 0 Å². The Balaban J connectivity index is 2.05. The standard InChI is InChI=1S/C15H16ClN3O/c1-9-8-11(16)13(10-4-2-7-18-12(9)10)19-14(20)15(17)5-3-6-15/h2,4,7-8H,3,5-6,17H2,1H3,(H,19,20). The number of aromatic nitrogens is 1. The van der Waals surface area contributed by atoms with E-state index in [1.807, 2.05) is 25.1 Å². The summed E-state index contributed by atoms with van der Waals surface area (Å²) in [4.78, 5) is 16.6. The molecule has 3 rings (SSSR count). The molecule has 0 spiro atoms. The molecule has 20 heavy (non-hydrogen) atoms. The molecular formula is C15H16ClN3O. The quantitative estimate of drug-likeness (QED) is 0.893. The van der Waals surface area contributed by atoms with Crippen LogP contribution in [0.25, 0.3) is 10.9 Å². The van der Waals surface area contributed by atoms with Gasteiger partial charge in [0.05, 0.1) is 21.8 Å². The van der Waals surface area contributed by atoms with Crippen molar-refractivity contribution in [3.05, 3.63) is 35.0 Å². The molecule has 1 fully saturated rings. The molecule has 104 valence electrons. The number of hydrogen-bond donors (Lipinski definition) is 2. The van der Waals surface area contributed by atoms with Crippen LogP contribution in [0.1, 0.15) is 24.8 Å². The van der Waals surface area contributed by atoms with Crippen LogP contribution in [0.3, 0.4) is 0 Å². The largest absolute Gasteiger partial charge is 0.323 e. The van der Waals surface area contributed by atoms with Crippen LogP contribution < -0.4 is 11.1 Å². The maximum atomic E-state index is 12.3. The summed E-state index contributed by atoms with van der Waals surface area (Å²) in [6.45, 7) is 1.95. The van der Waals surface area contributed by atoms with Crippen molar-refractivity contribution in [2.24, 2.45) is 5.73 Å². The van der Waals surface area contributed by atoms with Gasteiger partial charge in [-0.05, 0) is 49.9 Å². The van der Waals surface area contributed by atoms with Crippen molar-refractivity contribution in [2.75, 3.05) is 5.32 Å². The van der Waals surface area contributed by atoms with Gasteiger partial charge >= 0.3 is 0 Å². The molecule has 1 saturated carbocycles. The number of nitrogens with two attached hydrogens (primary N) is 1. The molecule has 3 N–H and O–H groups in total. The molecule has 0 unspecified atom stereocenters. The highest BCUT2D eigenvalue weighted by Gasteiger charge is 2.40. The molecule has 0 radical (unpaired) electrons. The van der Waals surface area contributed by atoms with E-state index in [-0.39, 0.29) is 5.91 Å². The van der Waals surface area contributed by atoms with Gasteiger partial charge in [-0.1, -0.05) is 11.6 Å². The Morgan fingerprint density at radius 3 is 2.90 bits per heavy atom. The van der Waals surface area contributed by atoms with Crippen molar-refractivity contribution >= 4 is 34.1 Å². The molecule has 1 aromatic heterocycles. The Hall–Kier alpha value is -1.65. The molecule has 0 saturated heterocycles. The Bertz CT molecular complexity index is 695. The second-order valence-corrected chi connectivity index (χ2v) is 5.82. The third-order valence-electron chi connectivity index (χ3n) is 3.97. The molecule has 1 aliphatic carbocycles. The molecule has 0 atom stereocenters. The average molecular weight is 290 g/mol. The highest BCUT2D eigenvalue weighted by Crippen LogP contribution is 2.35. The third kappa shape index (κ3) is 2.05. The van der Waals surface area contributed by atoms with E-state index < -0.39 is 5.54 Å². The van der Waals surface area contributed by atoms with Crippen molar-refractivity contribution in [2.45, 2.75) is 31.7 Å². The number of nitrogens with zero attached hydrogens (tertiary/aromatic N) is 1. The van der Waals surface area contributed by atoms with Gasteiger partial charge in [-0.2, -0.15) is 0 Å². The summed E-state index contributed by atoms with van der Waals surface area (Å²) in [7, 11) is 0. The van der Waals surface area contributed by atoms with E-state index in [1.165, 1.54) is 0 Å². The number of carbonyl (C=O) groups excluding carboxylic acids is 1. The van der Waals surface area contributed by atoms with E-state index in [1.54, 1.807) is 6.20 Å². The van der Waals surface area contributed by atoms with Gasteiger partial charge < -0.3 is 11.1 Å². The van der Waals surface area contributed by atoms with Crippen LogP contribution in [0.2, 0.25) is 5.02 Å². The average Bonchev–Trinajstić information content (AvgIpc) is 2.40. The van der Waals surface area contributed by atoms with Gasteiger partial charge in [-0.25, -0.2) is 0 Å². The van der Waals surface area contributed by atoms with Crippen LogP contribution in [-0.4, -0.2) is 16.4 Å². The van der Waals surface area contributed by atoms with Crippen LogP contribution in [0.5, 0.6) is 0 Å². The minimum Gasteiger partial charge on any atom is -0.323 e. The summed E-state index contributed by atoms with van der Waals surface area (Å²) >= 11 is 6.28. The number of benzene rings is 1. The van der Waals surface area contributed by atoms with E-state index in [0.717, 1.165) is 35.7 Å². The summed E-state index contributed by atoms with van der Waals surface area (Å²) in [5.41, 5.74) is 7.72.